The van der Waals surface area contributed by atoms with Crippen LogP contribution in [0.1, 0.15) is 43.1 Å². The summed E-state index contributed by atoms with van der Waals surface area (Å²) in [5.41, 5.74) is 0.807. The highest BCUT2D eigenvalue weighted by Crippen LogP contribution is 2.32. The summed E-state index contributed by atoms with van der Waals surface area (Å²) in [4.78, 5) is 45.9. The maximum absolute atomic E-state index is 13.7. The third-order valence-electron chi connectivity index (χ3n) is 7.35. The number of hydrogen-bond donors (Lipinski definition) is 2. The number of aryl methyl sites for hydroxylation is 1. The topological polar surface area (TPSA) is 146 Å². The van der Waals surface area contributed by atoms with E-state index in [1.54, 1.807) is 19.4 Å². The van der Waals surface area contributed by atoms with Gasteiger partial charge in [-0.1, -0.05) is 13.8 Å². The van der Waals surface area contributed by atoms with Crippen LogP contribution in [0.25, 0.3) is 11.4 Å². The normalized spacial score (nSPS) is 18.4. The standard InChI is InChI=1S/C28H36N8O5/c1-18(2)24-27(38)30-10-13-34-12-9-29-25(34)19-7-8-20(40-3)21(16-19)41-15-14-35(17-23(37)31-24)28(39)26-33-32-22-6-4-5-11-36(22)26/h7-9,12,16,18,24H,4-6,10-11,13-15,17H2,1-3H3,(H,30,38)(H,31,37)/t24-/m1/s1. The lowest BCUT2D eigenvalue weighted by molar-refractivity contribution is -0.130. The number of rotatable bonds is 3. The molecular formula is C28H36N8O5. The Hall–Kier alpha value is -4.42. The molecule has 2 aromatic heterocycles. The van der Waals surface area contributed by atoms with Crippen molar-refractivity contribution < 1.29 is 23.9 Å². The second-order valence-electron chi connectivity index (χ2n) is 10.5. The monoisotopic (exact) mass is 564 g/mol. The summed E-state index contributed by atoms with van der Waals surface area (Å²) >= 11 is 0. The second kappa shape index (κ2) is 12.4. The minimum atomic E-state index is -0.770. The summed E-state index contributed by atoms with van der Waals surface area (Å²) in [6, 6.07) is 4.75. The van der Waals surface area contributed by atoms with Crippen molar-refractivity contribution in [3.8, 4) is 22.9 Å². The molecule has 2 bridgehead atoms. The third kappa shape index (κ3) is 6.18. The fourth-order valence-corrected chi connectivity index (χ4v) is 5.14. The minimum absolute atomic E-state index is 0.0857. The number of ether oxygens (including phenoxy) is 2. The van der Waals surface area contributed by atoms with Gasteiger partial charge in [-0.2, -0.15) is 0 Å². The fraction of sp³-hybridized carbons (Fsp3) is 0.500. The average molecular weight is 565 g/mol. The molecule has 1 atom stereocenters. The van der Waals surface area contributed by atoms with Gasteiger partial charge in [0.2, 0.25) is 17.6 Å². The quantitative estimate of drug-likeness (QED) is 0.484. The van der Waals surface area contributed by atoms with Crippen LogP contribution in [0.3, 0.4) is 0 Å². The van der Waals surface area contributed by atoms with Crippen LogP contribution in [0.15, 0.2) is 30.6 Å². The lowest BCUT2D eigenvalue weighted by Gasteiger charge is -2.26. The Labute approximate surface area is 238 Å². The predicted molar refractivity (Wildman–Crippen MR) is 148 cm³/mol. The first kappa shape index (κ1) is 28.1. The van der Waals surface area contributed by atoms with Gasteiger partial charge in [0.15, 0.2) is 11.5 Å². The largest absolute Gasteiger partial charge is 0.493 e. The number of amides is 3. The van der Waals surface area contributed by atoms with E-state index in [4.69, 9.17) is 9.47 Å². The number of methoxy groups -OCH3 is 1. The van der Waals surface area contributed by atoms with Crippen molar-refractivity contribution in [1.82, 2.24) is 39.8 Å². The highest BCUT2D eigenvalue weighted by molar-refractivity contribution is 5.95. The molecular weight excluding hydrogens is 528 g/mol. The first-order valence-corrected chi connectivity index (χ1v) is 14.0. The van der Waals surface area contributed by atoms with E-state index in [0.717, 1.165) is 30.7 Å². The van der Waals surface area contributed by atoms with E-state index in [9.17, 15) is 14.4 Å². The number of hydrogen-bond acceptors (Lipinski definition) is 8. The molecule has 0 unspecified atom stereocenters. The summed E-state index contributed by atoms with van der Waals surface area (Å²) in [6.45, 7) is 5.09. The summed E-state index contributed by atoms with van der Waals surface area (Å²) in [5.74, 6) is 1.34. The number of aromatic nitrogens is 5. The highest BCUT2D eigenvalue weighted by atomic mass is 16.5. The van der Waals surface area contributed by atoms with Gasteiger partial charge in [0, 0.05) is 44.0 Å². The first-order chi connectivity index (χ1) is 19.9. The molecule has 0 saturated heterocycles. The van der Waals surface area contributed by atoms with Crippen molar-refractivity contribution >= 4 is 17.7 Å². The molecule has 1 aromatic carbocycles. The smallest absolute Gasteiger partial charge is 0.292 e. The van der Waals surface area contributed by atoms with E-state index in [0.29, 0.717) is 37.0 Å². The van der Waals surface area contributed by atoms with Gasteiger partial charge in [0.05, 0.1) is 13.7 Å². The molecule has 2 aliphatic rings. The number of nitrogens with zero attached hydrogens (tertiary/aromatic N) is 6. The Morgan fingerprint density at radius 3 is 2.80 bits per heavy atom. The van der Waals surface area contributed by atoms with E-state index < -0.39 is 17.9 Å². The fourth-order valence-electron chi connectivity index (χ4n) is 5.14. The van der Waals surface area contributed by atoms with Crippen LogP contribution in [0, 0.1) is 5.92 Å². The van der Waals surface area contributed by atoms with Gasteiger partial charge < -0.3 is 34.1 Å². The van der Waals surface area contributed by atoms with E-state index in [2.05, 4.69) is 25.8 Å². The molecule has 0 radical (unpaired) electrons. The van der Waals surface area contributed by atoms with Crippen LogP contribution in [0.2, 0.25) is 0 Å². The van der Waals surface area contributed by atoms with E-state index >= 15 is 0 Å². The lowest BCUT2D eigenvalue weighted by Crippen LogP contribution is -2.53. The molecule has 0 fully saturated rings. The van der Waals surface area contributed by atoms with Crippen molar-refractivity contribution in [3.05, 3.63) is 42.2 Å². The highest BCUT2D eigenvalue weighted by Gasteiger charge is 2.29. The molecule has 2 aliphatic heterocycles. The average Bonchev–Trinajstić information content (AvgIpc) is 3.61. The van der Waals surface area contributed by atoms with Crippen LogP contribution >= 0.6 is 0 Å². The summed E-state index contributed by atoms with van der Waals surface area (Å²) in [6.07, 6.45) is 6.21. The summed E-state index contributed by atoms with van der Waals surface area (Å²) in [7, 11) is 1.56. The SMILES string of the molecule is COc1ccc2cc1OCCN(C(=O)c1nnc3n1CCCC3)CC(=O)N[C@H](C(C)C)C(=O)NCCn1ccnc1-2. The molecule has 218 valence electrons. The van der Waals surface area contributed by atoms with Crippen LogP contribution in [0.4, 0.5) is 0 Å². The van der Waals surface area contributed by atoms with E-state index in [1.165, 1.54) is 4.90 Å². The molecule has 13 heteroatoms. The molecule has 41 heavy (non-hydrogen) atoms. The summed E-state index contributed by atoms with van der Waals surface area (Å²) in [5, 5.41) is 14.1. The number of carbonyl (C=O) groups is 3. The molecule has 0 aliphatic carbocycles. The zero-order chi connectivity index (χ0) is 28.9. The minimum Gasteiger partial charge on any atom is -0.493 e. The number of benzene rings is 1. The van der Waals surface area contributed by atoms with Gasteiger partial charge in [-0.25, -0.2) is 4.98 Å². The molecule has 13 nitrogen and oxygen atoms in total. The van der Waals surface area contributed by atoms with Crippen molar-refractivity contribution in [3.63, 3.8) is 0 Å². The van der Waals surface area contributed by atoms with Crippen molar-refractivity contribution in [2.75, 3.05) is 33.4 Å². The molecule has 0 spiro atoms. The zero-order valence-corrected chi connectivity index (χ0v) is 23.6. The second-order valence-corrected chi connectivity index (χ2v) is 10.5. The third-order valence-corrected chi connectivity index (χ3v) is 7.35. The molecule has 0 saturated carbocycles. The Balaban J connectivity index is 1.46. The Morgan fingerprint density at radius 2 is 2.00 bits per heavy atom. The van der Waals surface area contributed by atoms with Gasteiger partial charge >= 0.3 is 0 Å². The van der Waals surface area contributed by atoms with E-state index in [1.807, 2.05) is 41.3 Å². The van der Waals surface area contributed by atoms with Gasteiger partial charge in [-0.3, -0.25) is 14.4 Å². The van der Waals surface area contributed by atoms with Crippen LogP contribution in [-0.2, 0) is 29.1 Å². The van der Waals surface area contributed by atoms with Gasteiger partial charge in [0.25, 0.3) is 5.91 Å². The summed E-state index contributed by atoms with van der Waals surface area (Å²) < 4.78 is 15.4. The molecule has 5 rings (SSSR count). The number of fused-ring (bicyclic) bond motifs is 5. The van der Waals surface area contributed by atoms with Gasteiger partial charge in [-0.15, -0.1) is 10.2 Å². The number of carbonyl (C=O) groups excluding carboxylic acids is 3. The molecule has 3 aromatic rings. The maximum atomic E-state index is 13.7. The van der Waals surface area contributed by atoms with Crippen molar-refractivity contribution in [1.29, 1.82) is 0 Å². The maximum Gasteiger partial charge on any atom is 0.292 e. The van der Waals surface area contributed by atoms with Gasteiger partial charge in [-0.05, 0) is 37.0 Å². The number of imidazole rings is 1. The van der Waals surface area contributed by atoms with Crippen molar-refractivity contribution in [2.45, 2.75) is 52.2 Å². The van der Waals surface area contributed by atoms with Gasteiger partial charge in [0.1, 0.15) is 30.8 Å². The Kier molecular flexibility index (Phi) is 8.50. The first-order valence-electron chi connectivity index (χ1n) is 14.0. The molecule has 3 amide bonds. The molecule has 4 heterocycles. The number of nitrogens with one attached hydrogen (secondary N) is 2. The van der Waals surface area contributed by atoms with Crippen molar-refractivity contribution in [2.24, 2.45) is 5.92 Å². The zero-order valence-electron chi connectivity index (χ0n) is 23.6. The van der Waals surface area contributed by atoms with Crippen LogP contribution < -0.4 is 20.1 Å². The van der Waals surface area contributed by atoms with Crippen LogP contribution in [0.5, 0.6) is 11.5 Å². The Morgan fingerprint density at radius 1 is 1.15 bits per heavy atom. The van der Waals surface area contributed by atoms with E-state index in [-0.39, 0.29) is 37.3 Å². The predicted octanol–water partition coefficient (Wildman–Crippen LogP) is 1.28. The van der Waals surface area contributed by atoms with Crippen LogP contribution in [-0.4, -0.2) is 86.3 Å². The molecule has 2 N–H and O–H groups in total. The lowest BCUT2D eigenvalue weighted by atomic mass is 10.0. The Bertz CT molecular complexity index is 1410.